The molecular weight excluding hydrogens is 949 g/mol. The van der Waals surface area contributed by atoms with Crippen LogP contribution in [-0.2, 0) is 28.6 Å². The van der Waals surface area contributed by atoms with Crippen LogP contribution in [0, 0.1) is 0 Å². The van der Waals surface area contributed by atoms with Crippen molar-refractivity contribution in [3.05, 3.63) is 97.2 Å². The lowest BCUT2D eigenvalue weighted by Crippen LogP contribution is -2.30. The van der Waals surface area contributed by atoms with Crippen LogP contribution in [0.5, 0.6) is 0 Å². The third kappa shape index (κ3) is 63.0. The average molecular weight is 1070 g/mol. The molecule has 0 fully saturated rings. The largest absolute Gasteiger partial charge is 0.462 e. The quantitative estimate of drug-likeness (QED) is 0.0261. The van der Waals surface area contributed by atoms with E-state index in [4.69, 9.17) is 14.2 Å². The van der Waals surface area contributed by atoms with Crippen LogP contribution in [0.4, 0.5) is 0 Å². The number of ether oxygens (including phenoxy) is 3. The molecule has 1 atom stereocenters. The fourth-order valence-electron chi connectivity index (χ4n) is 9.18. The van der Waals surface area contributed by atoms with Gasteiger partial charge in [0.15, 0.2) is 6.10 Å². The van der Waals surface area contributed by atoms with E-state index in [-0.39, 0.29) is 31.1 Å². The lowest BCUT2D eigenvalue weighted by molar-refractivity contribution is -0.167. The van der Waals surface area contributed by atoms with Gasteiger partial charge in [0.1, 0.15) is 13.2 Å². The Kier molecular flexibility index (Phi) is 61.8. The number of esters is 3. The van der Waals surface area contributed by atoms with Gasteiger partial charge in [-0.05, 0) is 103 Å². The zero-order valence-electron chi connectivity index (χ0n) is 50.7. The molecule has 0 bridgehead atoms. The molecule has 6 heteroatoms. The van der Waals surface area contributed by atoms with E-state index in [0.29, 0.717) is 19.3 Å². The van der Waals surface area contributed by atoms with Crippen LogP contribution in [0.2, 0.25) is 0 Å². The summed E-state index contributed by atoms with van der Waals surface area (Å²) in [7, 11) is 0. The fourth-order valence-corrected chi connectivity index (χ4v) is 9.18. The van der Waals surface area contributed by atoms with Gasteiger partial charge in [-0.2, -0.15) is 0 Å². The van der Waals surface area contributed by atoms with Gasteiger partial charge in [-0.15, -0.1) is 0 Å². The lowest BCUT2D eigenvalue weighted by atomic mass is 10.0. The summed E-state index contributed by atoms with van der Waals surface area (Å²) < 4.78 is 16.8. The molecule has 0 aliphatic carbocycles. The van der Waals surface area contributed by atoms with Crippen molar-refractivity contribution in [2.24, 2.45) is 0 Å². The third-order valence-corrected chi connectivity index (χ3v) is 14.1. The minimum absolute atomic E-state index is 0.0759. The smallest absolute Gasteiger partial charge is 0.306 e. The Hall–Kier alpha value is -3.67. The van der Waals surface area contributed by atoms with Gasteiger partial charge < -0.3 is 14.2 Å². The Labute approximate surface area is 477 Å². The summed E-state index contributed by atoms with van der Waals surface area (Å²) in [5.74, 6) is -0.883. The lowest BCUT2D eigenvalue weighted by Gasteiger charge is -2.18. The minimum atomic E-state index is -0.774. The molecule has 0 rings (SSSR count). The Morgan fingerprint density at radius 3 is 0.805 bits per heavy atom. The van der Waals surface area contributed by atoms with E-state index >= 15 is 0 Å². The van der Waals surface area contributed by atoms with Gasteiger partial charge in [-0.25, -0.2) is 0 Å². The monoisotopic (exact) mass is 1070 g/mol. The maximum absolute atomic E-state index is 12.8. The number of hydrogen-bond donors (Lipinski definition) is 0. The molecule has 6 nitrogen and oxygen atoms in total. The Morgan fingerprint density at radius 2 is 0.506 bits per heavy atom. The van der Waals surface area contributed by atoms with Crippen molar-refractivity contribution in [1.82, 2.24) is 0 Å². The van der Waals surface area contributed by atoms with Crippen LogP contribution in [0.25, 0.3) is 0 Å². The highest BCUT2D eigenvalue weighted by molar-refractivity contribution is 5.71. The molecule has 0 N–H and O–H groups in total. The fraction of sp³-hybridized carbons (Fsp3) is 0.732. The van der Waals surface area contributed by atoms with Gasteiger partial charge >= 0.3 is 17.9 Å². The van der Waals surface area contributed by atoms with Crippen molar-refractivity contribution >= 4 is 17.9 Å². The van der Waals surface area contributed by atoms with E-state index in [1.54, 1.807) is 0 Å². The van der Waals surface area contributed by atoms with Crippen molar-refractivity contribution in [3.8, 4) is 0 Å². The first kappa shape index (κ1) is 73.3. The van der Waals surface area contributed by atoms with Crippen LogP contribution in [0.3, 0.4) is 0 Å². The number of carbonyl (C=O) groups excluding carboxylic acids is 3. The van der Waals surface area contributed by atoms with Crippen LogP contribution in [0.15, 0.2) is 97.2 Å². The van der Waals surface area contributed by atoms with Gasteiger partial charge in [-0.1, -0.05) is 291 Å². The number of rotatable bonds is 59. The van der Waals surface area contributed by atoms with E-state index in [0.717, 1.165) is 109 Å². The molecule has 0 aromatic rings. The summed E-state index contributed by atoms with van der Waals surface area (Å²) in [6.07, 6.45) is 87.6. The number of carbonyl (C=O) groups is 3. The number of hydrogen-bond acceptors (Lipinski definition) is 6. The van der Waals surface area contributed by atoms with Crippen molar-refractivity contribution in [2.75, 3.05) is 13.2 Å². The first-order valence-corrected chi connectivity index (χ1v) is 32.7. The first-order valence-electron chi connectivity index (χ1n) is 32.7. The van der Waals surface area contributed by atoms with Crippen LogP contribution >= 0.6 is 0 Å². The highest BCUT2D eigenvalue weighted by Crippen LogP contribution is 2.16. The molecule has 0 saturated carbocycles. The molecule has 0 aromatic carbocycles. The summed E-state index contributed by atoms with van der Waals surface area (Å²) in [6.45, 7) is 6.46. The molecule has 77 heavy (non-hydrogen) atoms. The normalized spacial score (nSPS) is 12.7. The number of allylic oxidation sites excluding steroid dienone is 16. The molecule has 0 heterocycles. The van der Waals surface area contributed by atoms with E-state index < -0.39 is 6.10 Å². The van der Waals surface area contributed by atoms with Gasteiger partial charge in [0.05, 0.1) is 0 Å². The van der Waals surface area contributed by atoms with Crippen molar-refractivity contribution in [2.45, 2.75) is 322 Å². The van der Waals surface area contributed by atoms with Gasteiger partial charge in [0.25, 0.3) is 0 Å². The first-order chi connectivity index (χ1) is 38.0. The SMILES string of the molecule is CC/C=C\C/C=C\C/C=C\C/C=C\C/C=C\C/C=C\C/C=C\CCCCCCCCCCCCCCCC(=O)OCC(COC(=O)CCCCCCC)OC(=O)CCCCCCCCCCC/C=C\CCCCCCCC. The molecule has 0 saturated heterocycles. The summed E-state index contributed by atoms with van der Waals surface area (Å²) in [6, 6.07) is 0. The maximum atomic E-state index is 12.8. The van der Waals surface area contributed by atoms with Crippen molar-refractivity contribution < 1.29 is 28.6 Å². The topological polar surface area (TPSA) is 78.9 Å². The molecule has 0 aromatic heterocycles. The molecule has 442 valence electrons. The molecule has 1 unspecified atom stereocenters. The molecule has 0 amide bonds. The maximum Gasteiger partial charge on any atom is 0.306 e. The molecule has 0 radical (unpaired) electrons. The predicted octanol–water partition coefficient (Wildman–Crippen LogP) is 22.4. The Bertz CT molecular complexity index is 1510. The van der Waals surface area contributed by atoms with Crippen molar-refractivity contribution in [3.63, 3.8) is 0 Å². The molecular formula is C71H122O6. The Balaban J connectivity index is 3.98. The Morgan fingerprint density at radius 1 is 0.273 bits per heavy atom. The second-order valence-electron chi connectivity index (χ2n) is 21.6. The standard InChI is InChI=1S/C71H122O6/c1-4-7-10-13-15-17-19-21-23-25-27-28-29-30-31-32-33-34-35-36-37-38-39-40-41-42-44-45-47-49-51-53-55-58-61-64-70(73)76-67-68(66-75-69(72)63-60-57-12-9-6-3)77-71(74)65-62-59-56-54-52-50-48-46-43-26-24-22-20-18-16-14-11-8-5-2/h7,10,15,17,21-24,27-28,30-31,33-34,36-37,68H,4-6,8-9,11-14,16,18-20,25-26,29,32,35,38-67H2,1-3H3/b10-7-,17-15-,23-21-,24-22-,28-27-,31-30-,34-33-,37-36-. The summed E-state index contributed by atoms with van der Waals surface area (Å²) in [5, 5.41) is 0. The minimum Gasteiger partial charge on any atom is -0.462 e. The summed E-state index contributed by atoms with van der Waals surface area (Å²) >= 11 is 0. The molecule has 0 aliphatic heterocycles. The van der Waals surface area contributed by atoms with Gasteiger partial charge in [0, 0.05) is 19.3 Å². The summed E-state index contributed by atoms with van der Waals surface area (Å²) in [4.78, 5) is 37.9. The second kappa shape index (κ2) is 64.9. The van der Waals surface area contributed by atoms with Crippen LogP contribution in [-0.4, -0.2) is 37.2 Å². The molecule has 0 aliphatic rings. The number of unbranched alkanes of at least 4 members (excludes halogenated alkanes) is 32. The van der Waals surface area contributed by atoms with Crippen LogP contribution in [0.1, 0.15) is 316 Å². The zero-order chi connectivity index (χ0) is 55.7. The van der Waals surface area contributed by atoms with Crippen LogP contribution < -0.4 is 0 Å². The van der Waals surface area contributed by atoms with E-state index in [9.17, 15) is 14.4 Å². The van der Waals surface area contributed by atoms with Crippen molar-refractivity contribution in [1.29, 1.82) is 0 Å². The third-order valence-electron chi connectivity index (χ3n) is 14.1. The van der Waals surface area contributed by atoms with E-state index in [2.05, 4.69) is 118 Å². The van der Waals surface area contributed by atoms with Gasteiger partial charge in [0.2, 0.25) is 0 Å². The van der Waals surface area contributed by atoms with E-state index in [1.165, 1.54) is 167 Å². The zero-order valence-corrected chi connectivity index (χ0v) is 50.7. The van der Waals surface area contributed by atoms with Gasteiger partial charge in [-0.3, -0.25) is 14.4 Å². The molecule has 0 spiro atoms. The second-order valence-corrected chi connectivity index (χ2v) is 21.6. The predicted molar refractivity (Wildman–Crippen MR) is 334 cm³/mol. The highest BCUT2D eigenvalue weighted by atomic mass is 16.6. The average Bonchev–Trinajstić information content (AvgIpc) is 3.43. The van der Waals surface area contributed by atoms with E-state index in [1.807, 2.05) is 0 Å². The highest BCUT2D eigenvalue weighted by Gasteiger charge is 2.19. The summed E-state index contributed by atoms with van der Waals surface area (Å²) in [5.41, 5.74) is 0.